The molecule has 1 aliphatic rings. The van der Waals surface area contributed by atoms with Gasteiger partial charge in [-0.1, -0.05) is 35.5 Å². The Hall–Kier alpha value is -4.59. The number of ether oxygens (including phenoxy) is 2. The number of benzene rings is 2. The topological polar surface area (TPSA) is 139 Å². The summed E-state index contributed by atoms with van der Waals surface area (Å²) in [6.07, 6.45) is -0.843. The summed E-state index contributed by atoms with van der Waals surface area (Å²) in [4.78, 5) is 26.7. The van der Waals surface area contributed by atoms with E-state index in [9.17, 15) is 18.8 Å². The lowest BCUT2D eigenvalue weighted by molar-refractivity contribution is 0.0636. The molecule has 0 spiro atoms. The van der Waals surface area contributed by atoms with Gasteiger partial charge in [-0.25, -0.2) is 37.3 Å². The number of carbonyl (C=O) groups excluding carboxylic acids is 1. The minimum atomic E-state index is -2.98. The van der Waals surface area contributed by atoms with Crippen LogP contribution in [0.25, 0.3) is 32.1 Å². The smallest absolute Gasteiger partial charge is 0.412 e. The summed E-state index contributed by atoms with van der Waals surface area (Å²) in [5.74, 6) is -2.00. The zero-order valence-corrected chi connectivity index (χ0v) is 28.6. The van der Waals surface area contributed by atoms with Crippen LogP contribution in [0.3, 0.4) is 0 Å². The van der Waals surface area contributed by atoms with Crippen molar-refractivity contribution < 1.29 is 31.8 Å². The number of halogens is 5. The number of nitrogens with two attached hydrogens (primary N) is 1. The van der Waals surface area contributed by atoms with Gasteiger partial charge in [0.2, 0.25) is 0 Å². The molecule has 6 rings (SSSR count). The fourth-order valence-corrected chi connectivity index (χ4v) is 7.38. The first kappa shape index (κ1) is 34.3. The summed E-state index contributed by atoms with van der Waals surface area (Å²) < 4.78 is 73.3. The van der Waals surface area contributed by atoms with Gasteiger partial charge in [0, 0.05) is 22.7 Å². The van der Waals surface area contributed by atoms with Crippen molar-refractivity contribution in [2.24, 2.45) is 0 Å². The summed E-state index contributed by atoms with van der Waals surface area (Å²) >= 11 is 8.74. The predicted octanol–water partition coefficient (Wildman–Crippen LogP) is 8.57. The largest absolute Gasteiger partial charge is 0.489 e. The van der Waals surface area contributed by atoms with Gasteiger partial charge in [0.15, 0.2) is 16.7 Å². The predicted molar refractivity (Wildman–Crippen MR) is 182 cm³/mol. The van der Waals surface area contributed by atoms with Crippen LogP contribution in [-0.4, -0.2) is 52.5 Å². The van der Waals surface area contributed by atoms with Crippen LogP contribution in [0.5, 0.6) is 5.75 Å². The lowest BCUT2D eigenvalue weighted by atomic mass is 9.96. The normalized spacial score (nSPS) is 13.7. The number of hydrogen-bond acceptors (Lipinski definition) is 11. The minimum Gasteiger partial charge on any atom is -0.489 e. The Bertz CT molecular complexity index is 2190. The van der Waals surface area contributed by atoms with E-state index in [1.807, 2.05) is 6.07 Å². The Morgan fingerprint density at radius 3 is 2.65 bits per heavy atom. The van der Waals surface area contributed by atoms with Crippen molar-refractivity contribution in [2.75, 3.05) is 35.4 Å². The average Bonchev–Trinajstić information content (AvgIpc) is 3.29. The number of aromatic nitrogens is 3. The van der Waals surface area contributed by atoms with Crippen LogP contribution < -0.4 is 20.7 Å². The molecule has 0 radical (unpaired) electrons. The van der Waals surface area contributed by atoms with Gasteiger partial charge in [-0.05, 0) is 44.7 Å². The molecular weight excluding hydrogens is 706 g/mol. The highest BCUT2D eigenvalue weighted by Crippen LogP contribution is 2.52. The van der Waals surface area contributed by atoms with Crippen LogP contribution in [0.1, 0.15) is 37.9 Å². The fourth-order valence-electron chi connectivity index (χ4n) is 5.62. The Labute approximate surface area is 290 Å². The third-order valence-electron chi connectivity index (χ3n) is 7.53. The average molecular weight is 732 g/mol. The van der Waals surface area contributed by atoms with Crippen molar-refractivity contribution in [1.82, 2.24) is 15.0 Å². The molecule has 5 aromatic rings. The van der Waals surface area contributed by atoms with E-state index in [1.54, 1.807) is 27.0 Å². The molecule has 0 fully saturated rings. The molecule has 49 heavy (non-hydrogen) atoms. The Kier molecular flexibility index (Phi) is 9.12. The number of fused-ring (bicyclic) bond motifs is 1. The van der Waals surface area contributed by atoms with Crippen molar-refractivity contribution in [1.29, 1.82) is 5.26 Å². The lowest BCUT2D eigenvalue weighted by Crippen LogP contribution is -2.37. The molecule has 4 heterocycles. The van der Waals surface area contributed by atoms with Gasteiger partial charge < -0.3 is 20.1 Å². The summed E-state index contributed by atoms with van der Waals surface area (Å²) in [7, 11) is 0. The second-order valence-electron chi connectivity index (χ2n) is 11.7. The second-order valence-corrected chi connectivity index (χ2v) is 13.9. The maximum absolute atomic E-state index is 17.0. The lowest BCUT2D eigenvalue weighted by Gasteiger charge is -2.32. The molecule has 3 N–H and O–H groups in total. The molecule has 1 amide bonds. The Morgan fingerprint density at radius 2 is 2.00 bits per heavy atom. The molecule has 0 bridgehead atoms. The van der Waals surface area contributed by atoms with Crippen LogP contribution in [0, 0.1) is 23.0 Å². The van der Waals surface area contributed by atoms with Crippen LogP contribution in [0.15, 0.2) is 35.6 Å². The number of pyridine rings is 1. The third kappa shape index (κ3) is 6.11. The van der Waals surface area contributed by atoms with E-state index in [4.69, 9.17) is 26.8 Å². The first-order valence-electron chi connectivity index (χ1n) is 14.6. The second kappa shape index (κ2) is 13.0. The first-order valence-corrected chi connectivity index (χ1v) is 17.0. The molecule has 254 valence electrons. The molecule has 10 nitrogen and oxygen atoms in total. The van der Waals surface area contributed by atoms with E-state index in [0.29, 0.717) is 0 Å². The summed E-state index contributed by atoms with van der Waals surface area (Å²) in [5, 5.41) is 12.4. The molecule has 0 saturated heterocycles. The highest BCUT2D eigenvalue weighted by atomic mass is 35.5. The van der Waals surface area contributed by atoms with E-state index in [2.05, 4.69) is 20.3 Å². The molecule has 0 unspecified atom stereocenters. The van der Waals surface area contributed by atoms with E-state index in [0.717, 1.165) is 29.2 Å². The van der Waals surface area contributed by atoms with Crippen molar-refractivity contribution in [2.45, 2.75) is 44.0 Å². The van der Waals surface area contributed by atoms with Gasteiger partial charge in [-0.3, -0.25) is 5.32 Å². The zero-order valence-electron chi connectivity index (χ0n) is 26.2. The van der Waals surface area contributed by atoms with Gasteiger partial charge in [0.05, 0.1) is 27.2 Å². The minimum absolute atomic E-state index is 0.00578. The number of nitrogen functional groups attached to an aromatic ring is 1. The molecule has 2 aromatic carbocycles. The molecule has 1 aliphatic heterocycles. The summed E-state index contributed by atoms with van der Waals surface area (Å²) in [5.41, 5.74) is 4.46. The van der Waals surface area contributed by atoms with Gasteiger partial charge in [-0.15, -0.1) is 11.3 Å². The molecule has 17 heteroatoms. The van der Waals surface area contributed by atoms with E-state index < -0.39 is 35.8 Å². The molecule has 3 aromatic heterocycles. The maximum Gasteiger partial charge on any atom is 0.412 e. The Morgan fingerprint density at radius 1 is 1.24 bits per heavy atom. The van der Waals surface area contributed by atoms with E-state index in [1.165, 1.54) is 29.3 Å². The van der Waals surface area contributed by atoms with Crippen molar-refractivity contribution in [3.05, 3.63) is 58.2 Å². The number of nitriles is 1. The quantitative estimate of drug-likeness (QED) is 0.0992. The van der Waals surface area contributed by atoms with E-state index in [-0.39, 0.29) is 89.0 Å². The SMILES string of the molecule is CSc1nc2c3c(c(Cl)c(-c4ccc(F)c5sc(NC(=O)OC(C)(C)C)c(C#N)c45)c(F)c3n1)OCCN2[C@@H](c1cccnc1N)C(F)F. The first-order chi connectivity index (χ1) is 23.2. The van der Waals surface area contributed by atoms with Crippen molar-refractivity contribution in [3.8, 4) is 22.9 Å². The van der Waals surface area contributed by atoms with Crippen LogP contribution in [0.4, 0.5) is 39.0 Å². The van der Waals surface area contributed by atoms with Crippen LogP contribution in [0.2, 0.25) is 5.02 Å². The number of carbonyl (C=O) groups is 1. The zero-order chi connectivity index (χ0) is 35.4. The number of anilines is 3. The van der Waals surface area contributed by atoms with Crippen molar-refractivity contribution in [3.63, 3.8) is 0 Å². The number of thioether (sulfide) groups is 1. The highest BCUT2D eigenvalue weighted by Gasteiger charge is 2.38. The van der Waals surface area contributed by atoms with Crippen LogP contribution in [-0.2, 0) is 4.74 Å². The number of amides is 1. The van der Waals surface area contributed by atoms with Gasteiger partial charge in [-0.2, -0.15) is 5.26 Å². The monoisotopic (exact) mass is 731 g/mol. The van der Waals surface area contributed by atoms with Gasteiger partial charge in [0.25, 0.3) is 6.43 Å². The number of nitrogens with one attached hydrogen (secondary N) is 1. The number of alkyl halides is 2. The van der Waals surface area contributed by atoms with Gasteiger partial charge in [0.1, 0.15) is 52.3 Å². The Balaban J connectivity index is 1.62. The van der Waals surface area contributed by atoms with Gasteiger partial charge >= 0.3 is 6.09 Å². The molecule has 0 aliphatic carbocycles. The number of hydrogen-bond donors (Lipinski definition) is 2. The molecule has 0 saturated carbocycles. The van der Waals surface area contributed by atoms with Crippen molar-refractivity contribution >= 4 is 78.4 Å². The summed E-state index contributed by atoms with van der Waals surface area (Å²) in [6, 6.07) is 5.58. The fraction of sp³-hybridized carbons (Fsp3) is 0.281. The van der Waals surface area contributed by atoms with Crippen LogP contribution >= 0.6 is 34.7 Å². The molecule has 1 atom stereocenters. The van der Waals surface area contributed by atoms with E-state index >= 15 is 8.78 Å². The third-order valence-corrected chi connectivity index (χ3v) is 9.55. The summed E-state index contributed by atoms with van der Waals surface area (Å²) in [6.45, 7) is 4.65. The maximum atomic E-state index is 17.0. The number of thiophene rings is 1. The molecular formula is C32H26ClF4N7O3S2. The number of rotatable bonds is 6. The highest BCUT2D eigenvalue weighted by molar-refractivity contribution is 7.98. The standard InChI is InChI=1S/C32H26ClF4N7O3S2/c1-32(2,3)47-31(45)43-29-15(12-38)17-13(7-8-16(34)25(17)49-29)18-20(33)24-19-22(21(18)35)41-30(48-4)42-28(19)44(10-11-46-24)23(26(36)37)14-6-5-9-40-27(14)39/h5-9,23,26H,10-11H2,1-4H3,(H2,39,40)(H,43,45)/t23-/m0/s1. The number of nitrogens with zero attached hydrogens (tertiary/aromatic N) is 5.